The maximum absolute atomic E-state index is 13.2. The summed E-state index contributed by atoms with van der Waals surface area (Å²) in [6, 6.07) is 9.39. The summed E-state index contributed by atoms with van der Waals surface area (Å²) in [7, 11) is 0. The second kappa shape index (κ2) is 5.69. The number of halogens is 3. The van der Waals surface area contributed by atoms with Gasteiger partial charge in [0.15, 0.2) is 0 Å². The normalized spacial score (nSPS) is 10.4. The van der Waals surface area contributed by atoms with Gasteiger partial charge in [0.05, 0.1) is 16.1 Å². The minimum absolute atomic E-state index is 0.0472. The van der Waals surface area contributed by atoms with E-state index in [1.54, 1.807) is 24.3 Å². The largest absolute Gasteiger partial charge is 0.456 e. The monoisotopic (exact) mass is 330 g/mol. The van der Waals surface area contributed by atoms with Crippen LogP contribution < -0.4 is 4.74 Å². The third kappa shape index (κ3) is 3.02. The number of hydrogen-bond acceptors (Lipinski definition) is 2. The van der Waals surface area contributed by atoms with E-state index in [-0.39, 0.29) is 11.6 Å². The SMILES string of the molecule is OCc1ccc(Oc2ccc(Cl)c(F)c2)c(Br)c1. The lowest BCUT2D eigenvalue weighted by Crippen LogP contribution is -1.89. The molecule has 0 saturated carbocycles. The molecule has 0 bridgehead atoms. The lowest BCUT2D eigenvalue weighted by molar-refractivity contribution is 0.281. The van der Waals surface area contributed by atoms with Gasteiger partial charge in [-0.25, -0.2) is 4.39 Å². The van der Waals surface area contributed by atoms with E-state index >= 15 is 0 Å². The molecular weight excluding hydrogens is 322 g/mol. The highest BCUT2D eigenvalue weighted by molar-refractivity contribution is 9.10. The average Bonchev–Trinajstić information content (AvgIpc) is 2.36. The van der Waals surface area contributed by atoms with Crippen LogP contribution in [0.25, 0.3) is 0 Å². The Labute approximate surface area is 117 Å². The third-order valence-electron chi connectivity index (χ3n) is 2.30. The average molecular weight is 332 g/mol. The van der Waals surface area contributed by atoms with Crippen molar-refractivity contribution in [1.29, 1.82) is 0 Å². The number of rotatable bonds is 3. The molecule has 0 aromatic heterocycles. The first-order valence-electron chi connectivity index (χ1n) is 5.12. The Balaban J connectivity index is 2.25. The Hall–Kier alpha value is -1.10. The maximum Gasteiger partial charge on any atom is 0.145 e. The molecule has 0 saturated heterocycles. The van der Waals surface area contributed by atoms with Gasteiger partial charge in [-0.3, -0.25) is 0 Å². The molecule has 0 amide bonds. The van der Waals surface area contributed by atoms with Crippen molar-refractivity contribution >= 4 is 27.5 Å². The van der Waals surface area contributed by atoms with Crippen LogP contribution in [-0.2, 0) is 6.61 Å². The quantitative estimate of drug-likeness (QED) is 0.895. The number of aliphatic hydroxyl groups is 1. The molecule has 0 aliphatic carbocycles. The highest BCUT2D eigenvalue weighted by Gasteiger charge is 2.06. The number of aliphatic hydroxyl groups excluding tert-OH is 1. The minimum atomic E-state index is -0.530. The van der Waals surface area contributed by atoms with E-state index in [0.29, 0.717) is 16.0 Å². The van der Waals surface area contributed by atoms with Gasteiger partial charge in [0.25, 0.3) is 0 Å². The molecule has 94 valence electrons. The molecule has 2 aromatic rings. The van der Waals surface area contributed by atoms with Crippen LogP contribution in [0.4, 0.5) is 4.39 Å². The second-order valence-electron chi connectivity index (χ2n) is 3.60. The number of benzene rings is 2. The maximum atomic E-state index is 13.2. The minimum Gasteiger partial charge on any atom is -0.456 e. The standard InChI is InChI=1S/C13H9BrClFO2/c14-10-5-8(7-17)1-4-13(10)18-9-2-3-11(15)12(16)6-9/h1-6,17H,7H2. The number of ether oxygens (including phenoxy) is 1. The van der Waals surface area contributed by atoms with Crippen molar-refractivity contribution in [2.75, 3.05) is 0 Å². The molecule has 2 nitrogen and oxygen atoms in total. The Morgan fingerprint density at radius 1 is 1.22 bits per heavy atom. The zero-order chi connectivity index (χ0) is 13.1. The second-order valence-corrected chi connectivity index (χ2v) is 4.86. The Bertz CT molecular complexity index is 575. The molecule has 0 spiro atoms. The van der Waals surface area contributed by atoms with Crippen molar-refractivity contribution in [3.63, 3.8) is 0 Å². The predicted octanol–water partition coefficient (Wildman–Crippen LogP) is 4.53. The summed E-state index contributed by atoms with van der Waals surface area (Å²) in [5.41, 5.74) is 0.761. The fraction of sp³-hybridized carbons (Fsp3) is 0.0769. The summed E-state index contributed by atoms with van der Waals surface area (Å²) in [6.45, 7) is -0.0472. The molecule has 0 radical (unpaired) electrons. The van der Waals surface area contributed by atoms with Gasteiger partial charge < -0.3 is 9.84 Å². The van der Waals surface area contributed by atoms with Crippen LogP contribution in [0.1, 0.15) is 5.56 Å². The molecule has 5 heteroatoms. The summed E-state index contributed by atoms with van der Waals surface area (Å²) < 4.78 is 19.4. The van der Waals surface area contributed by atoms with Crippen molar-refractivity contribution in [1.82, 2.24) is 0 Å². The van der Waals surface area contributed by atoms with Gasteiger partial charge >= 0.3 is 0 Å². The summed E-state index contributed by atoms with van der Waals surface area (Å²) in [4.78, 5) is 0. The van der Waals surface area contributed by atoms with Gasteiger partial charge in [-0.2, -0.15) is 0 Å². The zero-order valence-electron chi connectivity index (χ0n) is 9.16. The fourth-order valence-corrected chi connectivity index (χ4v) is 2.02. The van der Waals surface area contributed by atoms with Crippen LogP contribution in [0.15, 0.2) is 40.9 Å². The molecule has 0 unspecified atom stereocenters. The van der Waals surface area contributed by atoms with Crippen LogP contribution >= 0.6 is 27.5 Å². The molecule has 0 fully saturated rings. The van der Waals surface area contributed by atoms with E-state index in [2.05, 4.69) is 15.9 Å². The van der Waals surface area contributed by atoms with Crippen LogP contribution in [0.2, 0.25) is 5.02 Å². The van der Waals surface area contributed by atoms with Gasteiger partial charge in [0.2, 0.25) is 0 Å². The van der Waals surface area contributed by atoms with Crippen molar-refractivity contribution in [3.05, 3.63) is 57.3 Å². The lowest BCUT2D eigenvalue weighted by atomic mass is 10.2. The highest BCUT2D eigenvalue weighted by Crippen LogP contribution is 2.31. The van der Waals surface area contributed by atoms with Crippen molar-refractivity contribution in [2.45, 2.75) is 6.61 Å². The summed E-state index contributed by atoms with van der Waals surface area (Å²) in [5, 5.41) is 9.04. The predicted molar refractivity (Wildman–Crippen MR) is 71.5 cm³/mol. The molecule has 2 rings (SSSR count). The van der Waals surface area contributed by atoms with Gasteiger partial charge in [0, 0.05) is 6.07 Å². The molecule has 0 aliphatic heterocycles. The first-order chi connectivity index (χ1) is 8.60. The van der Waals surface area contributed by atoms with Crippen molar-refractivity contribution in [3.8, 4) is 11.5 Å². The van der Waals surface area contributed by atoms with E-state index in [0.717, 1.165) is 5.56 Å². The first-order valence-corrected chi connectivity index (χ1v) is 6.29. The molecule has 0 heterocycles. The van der Waals surface area contributed by atoms with Gasteiger partial charge in [-0.15, -0.1) is 0 Å². The fourth-order valence-electron chi connectivity index (χ4n) is 1.39. The van der Waals surface area contributed by atoms with E-state index in [9.17, 15) is 4.39 Å². The molecular formula is C13H9BrClFO2. The Kier molecular flexibility index (Phi) is 4.22. The van der Waals surface area contributed by atoms with E-state index in [4.69, 9.17) is 21.4 Å². The van der Waals surface area contributed by atoms with Crippen LogP contribution in [0.5, 0.6) is 11.5 Å². The summed E-state index contributed by atoms with van der Waals surface area (Å²) in [5.74, 6) is 0.362. The lowest BCUT2D eigenvalue weighted by Gasteiger charge is -2.09. The van der Waals surface area contributed by atoms with Crippen molar-refractivity contribution in [2.24, 2.45) is 0 Å². The van der Waals surface area contributed by atoms with Gasteiger partial charge in [0.1, 0.15) is 17.3 Å². The Morgan fingerprint density at radius 3 is 2.61 bits per heavy atom. The van der Waals surface area contributed by atoms with Crippen molar-refractivity contribution < 1.29 is 14.2 Å². The van der Waals surface area contributed by atoms with Gasteiger partial charge in [-0.05, 0) is 45.8 Å². The van der Waals surface area contributed by atoms with Crippen LogP contribution in [0.3, 0.4) is 0 Å². The van der Waals surface area contributed by atoms with Gasteiger partial charge in [-0.1, -0.05) is 17.7 Å². The van der Waals surface area contributed by atoms with E-state index < -0.39 is 5.82 Å². The third-order valence-corrected chi connectivity index (χ3v) is 3.22. The Morgan fingerprint density at radius 2 is 2.00 bits per heavy atom. The number of hydrogen-bond donors (Lipinski definition) is 1. The molecule has 0 aliphatic rings. The topological polar surface area (TPSA) is 29.5 Å². The molecule has 1 N–H and O–H groups in total. The molecule has 18 heavy (non-hydrogen) atoms. The smallest absolute Gasteiger partial charge is 0.145 e. The summed E-state index contributed by atoms with van der Waals surface area (Å²) in [6.07, 6.45) is 0. The molecule has 2 aromatic carbocycles. The van der Waals surface area contributed by atoms with Crippen LogP contribution in [-0.4, -0.2) is 5.11 Å². The first kappa shape index (κ1) is 13.3. The van der Waals surface area contributed by atoms with E-state index in [1.807, 2.05) is 0 Å². The van der Waals surface area contributed by atoms with E-state index in [1.165, 1.54) is 12.1 Å². The van der Waals surface area contributed by atoms with Crippen LogP contribution in [0, 0.1) is 5.82 Å². The zero-order valence-corrected chi connectivity index (χ0v) is 11.5. The summed E-state index contributed by atoms with van der Waals surface area (Å²) >= 11 is 8.91. The highest BCUT2D eigenvalue weighted by atomic mass is 79.9. The molecule has 0 atom stereocenters.